The van der Waals surface area contributed by atoms with Crippen molar-refractivity contribution in [1.29, 1.82) is 0 Å². The summed E-state index contributed by atoms with van der Waals surface area (Å²) in [6, 6.07) is 3.47. The van der Waals surface area contributed by atoms with Crippen molar-refractivity contribution in [3.8, 4) is 11.5 Å². The molecule has 0 amide bonds. The Morgan fingerprint density at radius 2 is 2.06 bits per heavy atom. The zero-order chi connectivity index (χ0) is 12.3. The monoisotopic (exact) mass is 234 g/mol. The predicted molar refractivity (Wildman–Crippen MR) is 49.4 cm³/mol. The van der Waals surface area contributed by atoms with Gasteiger partial charge in [-0.1, -0.05) is 13.0 Å². The van der Waals surface area contributed by atoms with Crippen molar-refractivity contribution in [2.45, 2.75) is 19.7 Å². The number of aromatic hydroxyl groups is 1. The summed E-state index contributed by atoms with van der Waals surface area (Å²) < 4.78 is 39.7. The average molecular weight is 234 g/mol. The molecule has 1 aromatic rings. The number of Topliss-reactive ketones (excluding diaryl/α,β-unsaturated/α-hetero) is 1. The molecular weight excluding hydrogens is 225 g/mol. The Bertz CT molecular complexity index is 399. The highest BCUT2D eigenvalue weighted by Gasteiger charge is 2.34. The summed E-state index contributed by atoms with van der Waals surface area (Å²) in [6.45, 7) is 1.50. The molecule has 1 N–H and O–H groups in total. The fraction of sp³-hybridized carbons (Fsp3) is 0.300. The standard InChI is InChI=1S/C10H9F3O3/c1-2-7(14)6-4-3-5-8(15)9(6)16-10(11,12)13/h3-5,15H,2H2,1H3. The summed E-state index contributed by atoms with van der Waals surface area (Å²) in [5.74, 6) is -2.09. The summed E-state index contributed by atoms with van der Waals surface area (Å²) in [6.07, 6.45) is -4.92. The Morgan fingerprint density at radius 3 is 2.56 bits per heavy atom. The van der Waals surface area contributed by atoms with Gasteiger partial charge in [0.25, 0.3) is 0 Å². The van der Waals surface area contributed by atoms with Gasteiger partial charge in [0.1, 0.15) is 0 Å². The number of carbonyl (C=O) groups is 1. The number of carbonyl (C=O) groups excluding carboxylic acids is 1. The molecule has 0 fully saturated rings. The molecule has 0 aliphatic rings. The topological polar surface area (TPSA) is 46.5 Å². The first-order valence-electron chi connectivity index (χ1n) is 4.46. The number of ketones is 1. The van der Waals surface area contributed by atoms with Crippen LogP contribution < -0.4 is 4.74 Å². The molecule has 0 aliphatic carbocycles. The number of hydrogen-bond donors (Lipinski definition) is 1. The first-order valence-corrected chi connectivity index (χ1v) is 4.46. The van der Waals surface area contributed by atoms with E-state index in [1.54, 1.807) is 0 Å². The Morgan fingerprint density at radius 1 is 1.44 bits per heavy atom. The number of ether oxygens (including phenoxy) is 1. The lowest BCUT2D eigenvalue weighted by Crippen LogP contribution is -2.19. The van der Waals surface area contributed by atoms with Gasteiger partial charge < -0.3 is 9.84 Å². The minimum Gasteiger partial charge on any atom is -0.504 e. The van der Waals surface area contributed by atoms with Crippen LogP contribution in [-0.4, -0.2) is 17.3 Å². The van der Waals surface area contributed by atoms with Crippen molar-refractivity contribution in [3.05, 3.63) is 23.8 Å². The zero-order valence-electron chi connectivity index (χ0n) is 8.34. The first-order chi connectivity index (χ1) is 7.35. The maximum Gasteiger partial charge on any atom is 0.573 e. The van der Waals surface area contributed by atoms with E-state index in [0.29, 0.717) is 0 Å². The fourth-order valence-electron chi connectivity index (χ4n) is 1.16. The van der Waals surface area contributed by atoms with E-state index < -0.39 is 23.6 Å². The van der Waals surface area contributed by atoms with Crippen molar-refractivity contribution in [3.63, 3.8) is 0 Å². The molecule has 1 aromatic carbocycles. The summed E-state index contributed by atoms with van der Waals surface area (Å²) in [5, 5.41) is 9.22. The molecule has 3 nitrogen and oxygen atoms in total. The number of benzene rings is 1. The number of alkyl halides is 3. The van der Waals surface area contributed by atoms with Crippen LogP contribution in [0.2, 0.25) is 0 Å². The van der Waals surface area contributed by atoms with Gasteiger partial charge in [-0.05, 0) is 12.1 Å². The van der Waals surface area contributed by atoms with Crippen LogP contribution in [0.1, 0.15) is 23.7 Å². The number of para-hydroxylation sites is 1. The third-order valence-corrected chi connectivity index (χ3v) is 1.83. The van der Waals surface area contributed by atoms with E-state index >= 15 is 0 Å². The third kappa shape index (κ3) is 2.88. The Balaban J connectivity index is 3.19. The smallest absolute Gasteiger partial charge is 0.504 e. The molecule has 0 atom stereocenters. The second kappa shape index (κ2) is 4.42. The van der Waals surface area contributed by atoms with E-state index in [-0.39, 0.29) is 12.0 Å². The molecule has 0 heterocycles. The molecule has 0 saturated heterocycles. The molecule has 1 rings (SSSR count). The fourth-order valence-corrected chi connectivity index (χ4v) is 1.16. The predicted octanol–water partition coefficient (Wildman–Crippen LogP) is 2.88. The van der Waals surface area contributed by atoms with Gasteiger partial charge in [0.2, 0.25) is 0 Å². The number of rotatable bonds is 3. The normalized spacial score (nSPS) is 11.2. The second-order valence-electron chi connectivity index (χ2n) is 2.98. The SMILES string of the molecule is CCC(=O)c1cccc(O)c1OC(F)(F)F. The van der Waals surface area contributed by atoms with E-state index in [1.165, 1.54) is 19.1 Å². The Kier molecular flexibility index (Phi) is 3.41. The van der Waals surface area contributed by atoms with Crippen LogP contribution >= 0.6 is 0 Å². The number of halogens is 3. The highest BCUT2D eigenvalue weighted by atomic mass is 19.4. The molecule has 0 aromatic heterocycles. The van der Waals surface area contributed by atoms with Crippen LogP contribution in [0, 0.1) is 0 Å². The lowest BCUT2D eigenvalue weighted by molar-refractivity contribution is -0.275. The lowest BCUT2D eigenvalue weighted by Gasteiger charge is -2.13. The highest BCUT2D eigenvalue weighted by molar-refractivity contribution is 5.99. The maximum absolute atomic E-state index is 12.0. The molecule has 6 heteroatoms. The van der Waals surface area contributed by atoms with Crippen LogP contribution in [0.25, 0.3) is 0 Å². The third-order valence-electron chi connectivity index (χ3n) is 1.83. The van der Waals surface area contributed by atoms with Crippen LogP contribution in [0.4, 0.5) is 13.2 Å². The van der Waals surface area contributed by atoms with Gasteiger partial charge in [0.15, 0.2) is 17.3 Å². The largest absolute Gasteiger partial charge is 0.573 e. The summed E-state index contributed by atoms with van der Waals surface area (Å²) in [4.78, 5) is 11.3. The minimum atomic E-state index is -4.94. The Hall–Kier alpha value is -1.72. The van der Waals surface area contributed by atoms with Gasteiger partial charge in [-0.2, -0.15) is 0 Å². The molecular formula is C10H9F3O3. The molecule has 0 aliphatic heterocycles. The second-order valence-corrected chi connectivity index (χ2v) is 2.98. The number of hydrogen-bond acceptors (Lipinski definition) is 3. The average Bonchev–Trinajstić information content (AvgIpc) is 2.18. The zero-order valence-corrected chi connectivity index (χ0v) is 8.34. The highest BCUT2D eigenvalue weighted by Crippen LogP contribution is 2.35. The van der Waals surface area contributed by atoms with E-state index in [0.717, 1.165) is 6.07 Å². The van der Waals surface area contributed by atoms with Crippen molar-refractivity contribution in [1.82, 2.24) is 0 Å². The number of phenolic OH excluding ortho intramolecular Hbond substituents is 1. The van der Waals surface area contributed by atoms with E-state index in [2.05, 4.69) is 4.74 Å². The Labute approximate surface area is 89.5 Å². The number of phenols is 1. The molecule has 0 unspecified atom stereocenters. The van der Waals surface area contributed by atoms with Gasteiger partial charge >= 0.3 is 6.36 Å². The van der Waals surface area contributed by atoms with Crippen molar-refractivity contribution < 1.29 is 27.8 Å². The van der Waals surface area contributed by atoms with Crippen molar-refractivity contribution in [2.75, 3.05) is 0 Å². The van der Waals surface area contributed by atoms with Gasteiger partial charge in [0, 0.05) is 6.42 Å². The molecule has 0 saturated carbocycles. The molecule has 0 bridgehead atoms. The van der Waals surface area contributed by atoms with E-state index in [1.807, 2.05) is 0 Å². The molecule has 88 valence electrons. The van der Waals surface area contributed by atoms with Crippen LogP contribution in [0.15, 0.2) is 18.2 Å². The van der Waals surface area contributed by atoms with Gasteiger partial charge in [-0.25, -0.2) is 0 Å². The van der Waals surface area contributed by atoms with E-state index in [4.69, 9.17) is 0 Å². The molecule has 16 heavy (non-hydrogen) atoms. The quantitative estimate of drug-likeness (QED) is 0.818. The van der Waals surface area contributed by atoms with Crippen molar-refractivity contribution in [2.24, 2.45) is 0 Å². The summed E-state index contributed by atoms with van der Waals surface area (Å²) in [7, 11) is 0. The van der Waals surface area contributed by atoms with Crippen LogP contribution in [-0.2, 0) is 0 Å². The van der Waals surface area contributed by atoms with Crippen molar-refractivity contribution >= 4 is 5.78 Å². The minimum absolute atomic E-state index is 0.0255. The summed E-state index contributed by atoms with van der Waals surface area (Å²) >= 11 is 0. The van der Waals surface area contributed by atoms with Gasteiger partial charge in [-0.3, -0.25) is 4.79 Å². The summed E-state index contributed by atoms with van der Waals surface area (Å²) in [5.41, 5.74) is -0.278. The van der Waals surface area contributed by atoms with E-state index in [9.17, 15) is 23.1 Å². The van der Waals surface area contributed by atoms with Gasteiger partial charge in [-0.15, -0.1) is 13.2 Å². The van der Waals surface area contributed by atoms with Crippen LogP contribution in [0.5, 0.6) is 11.5 Å². The molecule has 0 spiro atoms. The molecule has 0 radical (unpaired) electrons. The van der Waals surface area contributed by atoms with Crippen LogP contribution in [0.3, 0.4) is 0 Å². The van der Waals surface area contributed by atoms with Gasteiger partial charge in [0.05, 0.1) is 5.56 Å². The lowest BCUT2D eigenvalue weighted by atomic mass is 10.1. The maximum atomic E-state index is 12.0. The first kappa shape index (κ1) is 12.4.